The summed E-state index contributed by atoms with van der Waals surface area (Å²) in [6, 6.07) is 3.11. The molecule has 2 aliphatic heterocycles. The molecule has 3 nitrogen and oxygen atoms in total. The van der Waals surface area contributed by atoms with Gasteiger partial charge in [-0.3, -0.25) is 9.80 Å². The summed E-state index contributed by atoms with van der Waals surface area (Å²) in [5, 5.41) is 3.61. The third-order valence-corrected chi connectivity index (χ3v) is 6.38. The van der Waals surface area contributed by atoms with Crippen LogP contribution in [0.3, 0.4) is 0 Å². The predicted molar refractivity (Wildman–Crippen MR) is 85.0 cm³/mol. The molecule has 3 rings (SSSR count). The highest BCUT2D eigenvalue weighted by atomic mass is 15.3. The first-order valence-electron chi connectivity index (χ1n) is 8.63. The minimum Gasteiger partial charge on any atom is -0.315 e. The van der Waals surface area contributed by atoms with Crippen LogP contribution in [0.4, 0.5) is 0 Å². The summed E-state index contributed by atoms with van der Waals surface area (Å²) in [5.41, 5.74) is 0.523. The Hall–Kier alpha value is -0.120. The SMILES string of the molecule is CNC1CCC(C)(C)CC1N1CCC2CCC(C1)N2C. The Morgan fingerprint density at radius 1 is 1.05 bits per heavy atom. The van der Waals surface area contributed by atoms with E-state index in [4.69, 9.17) is 0 Å². The van der Waals surface area contributed by atoms with Gasteiger partial charge in [-0.05, 0) is 58.0 Å². The van der Waals surface area contributed by atoms with Gasteiger partial charge in [0.25, 0.3) is 0 Å². The Balaban J connectivity index is 1.73. The number of fused-ring (bicyclic) bond motifs is 2. The highest BCUT2D eigenvalue weighted by Crippen LogP contribution is 2.39. The quantitative estimate of drug-likeness (QED) is 0.837. The van der Waals surface area contributed by atoms with Gasteiger partial charge in [0, 0.05) is 37.3 Å². The van der Waals surface area contributed by atoms with Crippen LogP contribution >= 0.6 is 0 Å². The molecule has 1 saturated carbocycles. The minimum absolute atomic E-state index is 0.523. The fraction of sp³-hybridized carbons (Fsp3) is 1.00. The van der Waals surface area contributed by atoms with Gasteiger partial charge in [-0.1, -0.05) is 13.8 Å². The molecular weight excluding hydrogens is 246 g/mol. The Kier molecular flexibility index (Phi) is 4.13. The topological polar surface area (TPSA) is 18.5 Å². The lowest BCUT2D eigenvalue weighted by Gasteiger charge is -2.46. The van der Waals surface area contributed by atoms with Gasteiger partial charge in [0.1, 0.15) is 0 Å². The number of nitrogens with zero attached hydrogens (tertiary/aromatic N) is 2. The third kappa shape index (κ3) is 2.77. The van der Waals surface area contributed by atoms with E-state index in [1.165, 1.54) is 51.6 Å². The summed E-state index contributed by atoms with van der Waals surface area (Å²) in [5.74, 6) is 0. The molecule has 0 aromatic carbocycles. The van der Waals surface area contributed by atoms with Gasteiger partial charge in [0.05, 0.1) is 0 Å². The first-order chi connectivity index (χ1) is 9.50. The summed E-state index contributed by atoms with van der Waals surface area (Å²) in [6.07, 6.45) is 8.29. The van der Waals surface area contributed by atoms with E-state index in [2.05, 4.69) is 43.1 Å². The average molecular weight is 279 g/mol. The van der Waals surface area contributed by atoms with Gasteiger partial charge < -0.3 is 5.32 Å². The molecule has 0 spiro atoms. The van der Waals surface area contributed by atoms with Gasteiger partial charge in [-0.15, -0.1) is 0 Å². The van der Waals surface area contributed by atoms with Crippen LogP contribution < -0.4 is 5.32 Å². The molecule has 0 radical (unpaired) electrons. The first kappa shape index (κ1) is 14.8. The first-order valence-corrected chi connectivity index (χ1v) is 8.63. The lowest BCUT2D eigenvalue weighted by Crippen LogP contribution is -2.55. The zero-order valence-electron chi connectivity index (χ0n) is 13.9. The molecule has 1 N–H and O–H groups in total. The summed E-state index contributed by atoms with van der Waals surface area (Å²) in [4.78, 5) is 5.50. The van der Waals surface area contributed by atoms with Crippen molar-refractivity contribution in [3.05, 3.63) is 0 Å². The van der Waals surface area contributed by atoms with Crippen molar-refractivity contribution in [2.45, 2.75) is 76.5 Å². The second kappa shape index (κ2) is 5.58. The summed E-state index contributed by atoms with van der Waals surface area (Å²) < 4.78 is 0. The van der Waals surface area contributed by atoms with E-state index >= 15 is 0 Å². The van der Waals surface area contributed by atoms with Crippen LogP contribution in [0.1, 0.15) is 52.4 Å². The fourth-order valence-corrected chi connectivity index (χ4v) is 4.91. The summed E-state index contributed by atoms with van der Waals surface area (Å²) in [7, 11) is 4.51. The van der Waals surface area contributed by atoms with Gasteiger partial charge in [-0.25, -0.2) is 0 Å². The van der Waals surface area contributed by atoms with Crippen molar-refractivity contribution in [3.63, 3.8) is 0 Å². The standard InChI is InChI=1S/C17H33N3/c1-17(2)9-7-15(18-3)16(11-17)20-10-8-13-5-6-14(12-20)19(13)4/h13-16,18H,5-12H2,1-4H3. The molecule has 116 valence electrons. The maximum atomic E-state index is 3.61. The predicted octanol–water partition coefficient (Wildman–Crippen LogP) is 2.32. The number of hydrogen-bond acceptors (Lipinski definition) is 3. The smallest absolute Gasteiger partial charge is 0.0254 e. The zero-order valence-corrected chi connectivity index (χ0v) is 13.9. The molecule has 3 heteroatoms. The number of hydrogen-bond donors (Lipinski definition) is 1. The molecular formula is C17H33N3. The van der Waals surface area contributed by atoms with Crippen LogP contribution in [0.5, 0.6) is 0 Å². The van der Waals surface area contributed by atoms with Gasteiger partial charge in [-0.2, -0.15) is 0 Å². The molecule has 3 fully saturated rings. The third-order valence-electron chi connectivity index (χ3n) is 6.38. The van der Waals surface area contributed by atoms with E-state index < -0.39 is 0 Å². The lowest BCUT2D eigenvalue weighted by atomic mass is 9.72. The Morgan fingerprint density at radius 2 is 1.80 bits per heavy atom. The zero-order chi connectivity index (χ0) is 14.3. The minimum atomic E-state index is 0.523. The molecule has 2 saturated heterocycles. The molecule has 0 aromatic rings. The monoisotopic (exact) mass is 279 g/mol. The lowest BCUT2D eigenvalue weighted by molar-refractivity contribution is 0.0612. The number of likely N-dealkylation sites (tertiary alicyclic amines) is 1. The number of rotatable bonds is 2. The Bertz CT molecular complexity index is 341. The molecule has 4 atom stereocenters. The fourth-order valence-electron chi connectivity index (χ4n) is 4.91. The molecule has 2 bridgehead atoms. The maximum Gasteiger partial charge on any atom is 0.0254 e. The number of nitrogens with one attached hydrogen (secondary N) is 1. The summed E-state index contributed by atoms with van der Waals surface area (Å²) >= 11 is 0. The van der Waals surface area contributed by atoms with Crippen LogP contribution in [0.25, 0.3) is 0 Å². The molecule has 2 heterocycles. The molecule has 0 amide bonds. The van der Waals surface area contributed by atoms with Gasteiger partial charge in [0.15, 0.2) is 0 Å². The van der Waals surface area contributed by atoms with Crippen LogP contribution in [0.15, 0.2) is 0 Å². The van der Waals surface area contributed by atoms with Gasteiger partial charge in [0.2, 0.25) is 0 Å². The van der Waals surface area contributed by atoms with E-state index in [0.29, 0.717) is 11.5 Å². The second-order valence-electron chi connectivity index (χ2n) is 8.20. The van der Waals surface area contributed by atoms with E-state index in [0.717, 1.165) is 18.1 Å². The van der Waals surface area contributed by atoms with Crippen molar-refractivity contribution in [2.75, 3.05) is 27.2 Å². The number of likely N-dealkylation sites (N-methyl/N-ethyl adjacent to an activating group) is 2. The highest BCUT2D eigenvalue weighted by Gasteiger charge is 2.41. The molecule has 3 aliphatic rings. The van der Waals surface area contributed by atoms with Crippen molar-refractivity contribution < 1.29 is 0 Å². The summed E-state index contributed by atoms with van der Waals surface area (Å²) in [6.45, 7) is 7.53. The van der Waals surface area contributed by atoms with Crippen LogP contribution in [0.2, 0.25) is 0 Å². The van der Waals surface area contributed by atoms with E-state index in [9.17, 15) is 0 Å². The van der Waals surface area contributed by atoms with Crippen molar-refractivity contribution in [3.8, 4) is 0 Å². The maximum absolute atomic E-state index is 3.61. The largest absolute Gasteiger partial charge is 0.315 e. The Labute approximate surface area is 125 Å². The van der Waals surface area contributed by atoms with Crippen molar-refractivity contribution in [2.24, 2.45) is 5.41 Å². The molecule has 4 unspecified atom stereocenters. The highest BCUT2D eigenvalue weighted by molar-refractivity contribution is 4.98. The van der Waals surface area contributed by atoms with E-state index in [1.807, 2.05) is 0 Å². The van der Waals surface area contributed by atoms with E-state index in [-0.39, 0.29) is 0 Å². The van der Waals surface area contributed by atoms with E-state index in [1.54, 1.807) is 0 Å². The van der Waals surface area contributed by atoms with Crippen LogP contribution in [-0.4, -0.2) is 61.2 Å². The Morgan fingerprint density at radius 3 is 2.55 bits per heavy atom. The normalized spacial score (nSPS) is 42.6. The van der Waals surface area contributed by atoms with Crippen LogP contribution in [-0.2, 0) is 0 Å². The van der Waals surface area contributed by atoms with Crippen molar-refractivity contribution in [1.29, 1.82) is 0 Å². The van der Waals surface area contributed by atoms with Crippen LogP contribution in [0, 0.1) is 5.41 Å². The van der Waals surface area contributed by atoms with Gasteiger partial charge >= 0.3 is 0 Å². The molecule has 1 aliphatic carbocycles. The van der Waals surface area contributed by atoms with Crippen molar-refractivity contribution in [1.82, 2.24) is 15.1 Å². The second-order valence-corrected chi connectivity index (χ2v) is 8.20. The molecule has 0 aromatic heterocycles. The van der Waals surface area contributed by atoms with Crippen molar-refractivity contribution >= 4 is 0 Å². The molecule has 20 heavy (non-hydrogen) atoms. The average Bonchev–Trinajstić information content (AvgIpc) is 2.62.